The lowest BCUT2D eigenvalue weighted by molar-refractivity contribution is -0.140. The molecule has 4 aromatic rings. The minimum atomic E-state index is -4.85. The number of anilines is 1. The zero-order chi connectivity index (χ0) is 24.8. The number of carbonyl (C=O) groups is 1. The molecule has 0 aliphatic heterocycles. The third-order valence-corrected chi connectivity index (χ3v) is 6.12. The number of fused-ring (bicyclic) bond motifs is 1. The van der Waals surface area contributed by atoms with Crippen molar-refractivity contribution in [1.29, 1.82) is 0 Å². The van der Waals surface area contributed by atoms with Crippen LogP contribution in [0.3, 0.4) is 0 Å². The van der Waals surface area contributed by atoms with E-state index in [-0.39, 0.29) is 33.1 Å². The molecule has 0 bridgehead atoms. The fourth-order valence-electron chi connectivity index (χ4n) is 3.51. The Morgan fingerprint density at radius 3 is 2.44 bits per heavy atom. The number of rotatable bonds is 4. The molecule has 2 N–H and O–H groups in total. The summed E-state index contributed by atoms with van der Waals surface area (Å²) < 4.78 is 65.9. The maximum atomic E-state index is 13.8. The molecular formula is C21H16F3N5O4S. The van der Waals surface area contributed by atoms with Gasteiger partial charge in [0.25, 0.3) is 11.5 Å². The lowest BCUT2D eigenvalue weighted by Gasteiger charge is -2.10. The molecule has 0 atom stereocenters. The van der Waals surface area contributed by atoms with E-state index in [1.807, 2.05) is 5.10 Å². The van der Waals surface area contributed by atoms with Crippen LogP contribution in [0.2, 0.25) is 0 Å². The molecule has 0 aliphatic rings. The number of hydrogen-bond donors (Lipinski definition) is 2. The lowest BCUT2D eigenvalue weighted by Crippen LogP contribution is -2.29. The first-order chi connectivity index (χ1) is 15.9. The highest BCUT2D eigenvalue weighted by atomic mass is 32.2. The topological polar surface area (TPSA) is 126 Å². The van der Waals surface area contributed by atoms with Gasteiger partial charge in [-0.15, -0.1) is 0 Å². The van der Waals surface area contributed by atoms with Gasteiger partial charge >= 0.3 is 6.18 Å². The molecule has 34 heavy (non-hydrogen) atoms. The Bertz CT molecular complexity index is 1590. The van der Waals surface area contributed by atoms with Gasteiger partial charge in [0, 0.05) is 12.5 Å². The molecule has 1 aromatic carbocycles. The van der Waals surface area contributed by atoms with Crippen LogP contribution in [0, 0.1) is 6.92 Å². The van der Waals surface area contributed by atoms with E-state index in [9.17, 15) is 31.2 Å². The summed E-state index contributed by atoms with van der Waals surface area (Å²) in [6, 6.07) is 8.75. The molecule has 0 spiro atoms. The maximum Gasteiger partial charge on any atom is 0.433 e. The number of aryl methyl sites for hydroxylation is 1. The average molecular weight is 491 g/mol. The number of H-pyrrole nitrogens is 1. The van der Waals surface area contributed by atoms with Crippen LogP contribution in [0.25, 0.3) is 16.8 Å². The van der Waals surface area contributed by atoms with Crippen molar-refractivity contribution in [1.82, 2.24) is 19.6 Å². The number of alkyl halides is 3. The van der Waals surface area contributed by atoms with Crippen molar-refractivity contribution in [2.75, 3.05) is 11.6 Å². The van der Waals surface area contributed by atoms with Gasteiger partial charge in [-0.2, -0.15) is 17.7 Å². The number of nitrogens with one attached hydrogen (secondary N) is 2. The van der Waals surface area contributed by atoms with Crippen molar-refractivity contribution in [3.05, 3.63) is 76.1 Å². The number of sulfone groups is 1. The number of halogens is 3. The second kappa shape index (κ2) is 8.09. The summed E-state index contributed by atoms with van der Waals surface area (Å²) in [7, 11) is -3.75. The van der Waals surface area contributed by atoms with E-state index < -0.39 is 38.7 Å². The first-order valence-electron chi connectivity index (χ1n) is 9.63. The molecule has 3 aromatic heterocycles. The van der Waals surface area contributed by atoms with Crippen LogP contribution in [-0.2, 0) is 16.0 Å². The SMILES string of the molecule is Cc1nc2c(-c3ccccc3)c(C(F)(F)F)[nH]n2c(=O)c1C(=O)Nc1cnccc1S(C)(=O)=O. The van der Waals surface area contributed by atoms with Crippen molar-refractivity contribution >= 4 is 27.1 Å². The Balaban J connectivity index is 1.91. The van der Waals surface area contributed by atoms with E-state index in [4.69, 9.17) is 0 Å². The molecule has 4 rings (SSSR count). The van der Waals surface area contributed by atoms with Crippen LogP contribution in [-0.4, -0.2) is 40.2 Å². The number of amides is 1. The van der Waals surface area contributed by atoms with Crippen LogP contribution >= 0.6 is 0 Å². The molecule has 0 unspecified atom stereocenters. The zero-order valence-corrected chi connectivity index (χ0v) is 18.5. The Kier molecular flexibility index (Phi) is 5.52. The normalized spacial score (nSPS) is 12.1. The van der Waals surface area contributed by atoms with Gasteiger partial charge in [0.05, 0.1) is 28.0 Å². The summed E-state index contributed by atoms with van der Waals surface area (Å²) in [4.78, 5) is 33.7. The molecule has 13 heteroatoms. The summed E-state index contributed by atoms with van der Waals surface area (Å²) in [5.74, 6) is -1.05. The predicted molar refractivity (Wildman–Crippen MR) is 116 cm³/mol. The Hall–Kier alpha value is -4.00. The van der Waals surface area contributed by atoms with Gasteiger partial charge in [0.2, 0.25) is 0 Å². The summed E-state index contributed by atoms with van der Waals surface area (Å²) >= 11 is 0. The summed E-state index contributed by atoms with van der Waals surface area (Å²) in [6.45, 7) is 1.30. The van der Waals surface area contributed by atoms with E-state index in [2.05, 4.69) is 15.3 Å². The van der Waals surface area contributed by atoms with Crippen LogP contribution < -0.4 is 10.9 Å². The van der Waals surface area contributed by atoms with Crippen molar-refractivity contribution < 1.29 is 26.4 Å². The van der Waals surface area contributed by atoms with Gasteiger partial charge in [-0.05, 0) is 18.6 Å². The quantitative estimate of drug-likeness (QED) is 0.452. The third-order valence-electron chi connectivity index (χ3n) is 4.96. The molecule has 1 amide bonds. The molecule has 3 heterocycles. The molecular weight excluding hydrogens is 475 g/mol. The zero-order valence-electron chi connectivity index (χ0n) is 17.6. The number of benzene rings is 1. The second-order valence-electron chi connectivity index (χ2n) is 7.36. The van der Waals surface area contributed by atoms with E-state index in [0.717, 1.165) is 12.5 Å². The fourth-order valence-corrected chi connectivity index (χ4v) is 4.32. The van der Waals surface area contributed by atoms with Crippen molar-refractivity contribution in [2.24, 2.45) is 0 Å². The first-order valence-corrected chi connectivity index (χ1v) is 11.5. The highest BCUT2D eigenvalue weighted by molar-refractivity contribution is 7.90. The molecule has 0 saturated heterocycles. The number of hydrogen-bond acceptors (Lipinski definition) is 6. The van der Waals surface area contributed by atoms with Crippen molar-refractivity contribution in [2.45, 2.75) is 18.0 Å². The van der Waals surface area contributed by atoms with Crippen LogP contribution in [0.4, 0.5) is 18.9 Å². The lowest BCUT2D eigenvalue weighted by atomic mass is 10.1. The Morgan fingerprint density at radius 1 is 1.15 bits per heavy atom. The maximum absolute atomic E-state index is 13.8. The molecule has 9 nitrogen and oxygen atoms in total. The van der Waals surface area contributed by atoms with Gasteiger partial charge in [-0.3, -0.25) is 19.7 Å². The summed E-state index contributed by atoms with van der Waals surface area (Å²) in [6.07, 6.45) is -1.63. The minimum Gasteiger partial charge on any atom is -0.319 e. The summed E-state index contributed by atoms with van der Waals surface area (Å²) in [5.41, 5.74) is -3.66. The largest absolute Gasteiger partial charge is 0.433 e. The minimum absolute atomic E-state index is 0.141. The Morgan fingerprint density at radius 2 is 1.82 bits per heavy atom. The standard InChI is InChI=1S/C21H16F3N5O4S/c1-11-15(19(30)27-13-10-25-9-8-14(13)34(2,32)33)20(31)29-18(26-11)16(12-6-4-3-5-7-12)17(28-29)21(22,23)24/h3-10,28H,1-2H3,(H,27,30). The van der Waals surface area contributed by atoms with Gasteiger partial charge < -0.3 is 5.32 Å². The number of aromatic amines is 1. The van der Waals surface area contributed by atoms with Gasteiger partial charge in [-0.1, -0.05) is 30.3 Å². The highest BCUT2D eigenvalue weighted by Crippen LogP contribution is 2.38. The van der Waals surface area contributed by atoms with Crippen LogP contribution in [0.15, 0.2) is 58.5 Å². The van der Waals surface area contributed by atoms with Gasteiger partial charge in [0.15, 0.2) is 15.5 Å². The fraction of sp³-hybridized carbons (Fsp3) is 0.143. The highest BCUT2D eigenvalue weighted by Gasteiger charge is 2.38. The third kappa shape index (κ3) is 4.05. The average Bonchev–Trinajstić information content (AvgIpc) is 3.14. The number of aromatic nitrogens is 4. The van der Waals surface area contributed by atoms with E-state index in [1.54, 1.807) is 18.2 Å². The molecule has 0 fully saturated rings. The van der Waals surface area contributed by atoms with Crippen LogP contribution in [0.5, 0.6) is 0 Å². The monoisotopic (exact) mass is 491 g/mol. The van der Waals surface area contributed by atoms with Crippen molar-refractivity contribution in [3.63, 3.8) is 0 Å². The number of carbonyl (C=O) groups excluding carboxylic acids is 1. The molecule has 0 saturated carbocycles. The van der Waals surface area contributed by atoms with Gasteiger partial charge in [0.1, 0.15) is 11.3 Å². The van der Waals surface area contributed by atoms with E-state index >= 15 is 0 Å². The Labute approximate surface area is 190 Å². The first kappa shape index (κ1) is 23.2. The number of nitrogens with zero attached hydrogens (tertiary/aromatic N) is 3. The van der Waals surface area contributed by atoms with Crippen LogP contribution in [0.1, 0.15) is 21.7 Å². The molecule has 0 aliphatic carbocycles. The smallest absolute Gasteiger partial charge is 0.319 e. The predicted octanol–water partition coefficient (Wildman–Crippen LogP) is 3.07. The molecule has 0 radical (unpaired) electrons. The van der Waals surface area contributed by atoms with Crippen molar-refractivity contribution in [3.8, 4) is 11.1 Å². The van der Waals surface area contributed by atoms with E-state index in [0.29, 0.717) is 4.52 Å². The summed E-state index contributed by atoms with van der Waals surface area (Å²) in [5, 5.41) is 4.31. The van der Waals surface area contributed by atoms with E-state index in [1.165, 1.54) is 31.3 Å². The second-order valence-corrected chi connectivity index (χ2v) is 9.34. The number of pyridine rings is 1. The van der Waals surface area contributed by atoms with Gasteiger partial charge in [-0.25, -0.2) is 13.4 Å². The molecule has 176 valence electrons.